The Balaban J connectivity index is 1.45. The molecule has 1 aliphatic heterocycles. The van der Waals surface area contributed by atoms with Gasteiger partial charge in [0.2, 0.25) is 0 Å². The number of benzene rings is 1. The summed E-state index contributed by atoms with van der Waals surface area (Å²) in [7, 11) is 0. The van der Waals surface area contributed by atoms with Crippen molar-refractivity contribution in [1.29, 1.82) is 0 Å². The summed E-state index contributed by atoms with van der Waals surface area (Å²) in [5, 5.41) is 8.66. The van der Waals surface area contributed by atoms with Crippen molar-refractivity contribution in [1.82, 2.24) is 15.6 Å². The molecule has 1 saturated carbocycles. The number of rotatable bonds is 4. The molecule has 1 aliphatic carbocycles. The molecule has 3 atom stereocenters. The van der Waals surface area contributed by atoms with Gasteiger partial charge in [0.05, 0.1) is 18.7 Å². The SMILES string of the molecule is c1cnc2c(CNC3CCCC3C3COCCN3)cccc2c1. The van der Waals surface area contributed by atoms with Gasteiger partial charge in [-0.15, -0.1) is 0 Å². The summed E-state index contributed by atoms with van der Waals surface area (Å²) in [4.78, 5) is 4.56. The molecular formula is C19H25N3O. The van der Waals surface area contributed by atoms with E-state index < -0.39 is 0 Å². The molecule has 3 unspecified atom stereocenters. The van der Waals surface area contributed by atoms with Crippen LogP contribution >= 0.6 is 0 Å². The van der Waals surface area contributed by atoms with Gasteiger partial charge in [-0.1, -0.05) is 30.7 Å². The van der Waals surface area contributed by atoms with Crippen LogP contribution in [0.3, 0.4) is 0 Å². The van der Waals surface area contributed by atoms with Crippen molar-refractivity contribution in [2.24, 2.45) is 5.92 Å². The fourth-order valence-electron chi connectivity index (χ4n) is 4.14. The molecule has 0 bridgehead atoms. The zero-order valence-electron chi connectivity index (χ0n) is 13.5. The number of hydrogen-bond acceptors (Lipinski definition) is 4. The maximum absolute atomic E-state index is 5.66. The molecule has 0 spiro atoms. The number of aromatic nitrogens is 1. The van der Waals surface area contributed by atoms with Crippen LogP contribution in [0.1, 0.15) is 24.8 Å². The number of para-hydroxylation sites is 1. The summed E-state index contributed by atoms with van der Waals surface area (Å²) in [5.74, 6) is 0.679. The summed E-state index contributed by atoms with van der Waals surface area (Å²) in [5.41, 5.74) is 2.41. The smallest absolute Gasteiger partial charge is 0.0746 e. The molecule has 122 valence electrons. The molecule has 23 heavy (non-hydrogen) atoms. The predicted molar refractivity (Wildman–Crippen MR) is 92.3 cm³/mol. The van der Waals surface area contributed by atoms with Gasteiger partial charge in [-0.05, 0) is 30.4 Å². The molecule has 2 heterocycles. The minimum atomic E-state index is 0.509. The van der Waals surface area contributed by atoms with E-state index in [4.69, 9.17) is 4.74 Å². The highest BCUT2D eigenvalue weighted by Crippen LogP contribution is 2.30. The third-order valence-corrected chi connectivity index (χ3v) is 5.31. The van der Waals surface area contributed by atoms with Crippen LogP contribution in [0.25, 0.3) is 10.9 Å². The maximum Gasteiger partial charge on any atom is 0.0746 e. The van der Waals surface area contributed by atoms with Crippen LogP contribution in [0.2, 0.25) is 0 Å². The van der Waals surface area contributed by atoms with Crippen LogP contribution in [0.4, 0.5) is 0 Å². The van der Waals surface area contributed by atoms with Crippen LogP contribution in [-0.2, 0) is 11.3 Å². The number of morpholine rings is 1. The lowest BCUT2D eigenvalue weighted by Crippen LogP contribution is -2.50. The molecule has 2 aromatic rings. The fourth-order valence-corrected chi connectivity index (χ4v) is 4.14. The Morgan fingerprint density at radius 2 is 2.17 bits per heavy atom. The summed E-state index contributed by atoms with van der Waals surface area (Å²) in [6.07, 6.45) is 5.76. The average Bonchev–Trinajstić information content (AvgIpc) is 3.09. The topological polar surface area (TPSA) is 46.2 Å². The summed E-state index contributed by atoms with van der Waals surface area (Å²) < 4.78 is 5.66. The van der Waals surface area contributed by atoms with Crippen LogP contribution < -0.4 is 10.6 Å². The van der Waals surface area contributed by atoms with Gasteiger partial charge >= 0.3 is 0 Å². The van der Waals surface area contributed by atoms with E-state index in [2.05, 4.69) is 39.9 Å². The van der Waals surface area contributed by atoms with Gasteiger partial charge in [0.1, 0.15) is 0 Å². The van der Waals surface area contributed by atoms with Crippen molar-refractivity contribution in [2.45, 2.75) is 37.9 Å². The molecule has 2 aliphatic rings. The van der Waals surface area contributed by atoms with E-state index in [1.54, 1.807) is 0 Å². The van der Waals surface area contributed by atoms with Crippen LogP contribution in [0.5, 0.6) is 0 Å². The quantitative estimate of drug-likeness (QED) is 0.911. The lowest BCUT2D eigenvalue weighted by atomic mass is 9.93. The van der Waals surface area contributed by atoms with E-state index in [9.17, 15) is 0 Å². The van der Waals surface area contributed by atoms with Crippen LogP contribution in [0.15, 0.2) is 36.5 Å². The minimum absolute atomic E-state index is 0.509. The summed E-state index contributed by atoms with van der Waals surface area (Å²) >= 11 is 0. The molecule has 1 aromatic carbocycles. The molecule has 1 saturated heterocycles. The van der Waals surface area contributed by atoms with E-state index in [-0.39, 0.29) is 0 Å². The first-order chi connectivity index (χ1) is 11.4. The number of nitrogens with one attached hydrogen (secondary N) is 2. The van der Waals surface area contributed by atoms with Gasteiger partial charge in [0.15, 0.2) is 0 Å². The molecule has 4 nitrogen and oxygen atoms in total. The molecule has 2 fully saturated rings. The molecule has 4 heteroatoms. The van der Waals surface area contributed by atoms with Gasteiger partial charge < -0.3 is 15.4 Å². The predicted octanol–water partition coefficient (Wildman–Crippen LogP) is 2.48. The van der Waals surface area contributed by atoms with Crippen molar-refractivity contribution in [3.63, 3.8) is 0 Å². The summed E-state index contributed by atoms with van der Waals surface area (Å²) in [6, 6.07) is 11.7. The second kappa shape index (κ2) is 6.95. The molecule has 0 radical (unpaired) electrons. The Morgan fingerprint density at radius 3 is 3.09 bits per heavy atom. The first-order valence-electron chi connectivity index (χ1n) is 8.79. The molecule has 1 aromatic heterocycles. The van der Waals surface area contributed by atoms with Crippen molar-refractivity contribution < 1.29 is 4.74 Å². The Labute approximate surface area is 137 Å². The second-order valence-corrected chi connectivity index (χ2v) is 6.71. The number of pyridine rings is 1. The van der Waals surface area contributed by atoms with Crippen molar-refractivity contribution in [3.05, 3.63) is 42.1 Å². The van der Waals surface area contributed by atoms with E-state index in [1.165, 1.54) is 30.2 Å². The zero-order chi connectivity index (χ0) is 15.5. The minimum Gasteiger partial charge on any atom is -0.379 e. The fraction of sp³-hybridized carbons (Fsp3) is 0.526. The van der Waals surface area contributed by atoms with Gasteiger partial charge in [0, 0.05) is 36.8 Å². The average molecular weight is 311 g/mol. The number of hydrogen-bond donors (Lipinski definition) is 2. The Bertz CT molecular complexity index is 649. The van der Waals surface area contributed by atoms with Gasteiger partial charge in [-0.25, -0.2) is 0 Å². The van der Waals surface area contributed by atoms with E-state index in [0.717, 1.165) is 31.8 Å². The Morgan fingerprint density at radius 1 is 1.22 bits per heavy atom. The number of fused-ring (bicyclic) bond motifs is 1. The number of nitrogens with zero attached hydrogens (tertiary/aromatic N) is 1. The molecular weight excluding hydrogens is 286 g/mol. The van der Waals surface area contributed by atoms with Gasteiger partial charge in [0.25, 0.3) is 0 Å². The summed E-state index contributed by atoms with van der Waals surface area (Å²) in [6.45, 7) is 3.59. The normalized spacial score (nSPS) is 28.3. The highest BCUT2D eigenvalue weighted by Gasteiger charge is 2.34. The van der Waals surface area contributed by atoms with Crippen molar-refractivity contribution in [2.75, 3.05) is 19.8 Å². The van der Waals surface area contributed by atoms with E-state index in [1.807, 2.05) is 12.3 Å². The zero-order valence-corrected chi connectivity index (χ0v) is 13.5. The molecule has 0 amide bonds. The first kappa shape index (κ1) is 15.1. The van der Waals surface area contributed by atoms with Crippen molar-refractivity contribution in [3.8, 4) is 0 Å². The monoisotopic (exact) mass is 311 g/mol. The third-order valence-electron chi connectivity index (χ3n) is 5.31. The standard InChI is InChI=1S/C19H25N3O/c1-4-14-6-3-9-21-19(14)15(5-1)12-22-17-8-2-7-16(17)18-13-23-11-10-20-18/h1,3-6,9,16-18,20,22H,2,7-8,10-13H2. The molecule has 2 N–H and O–H groups in total. The largest absolute Gasteiger partial charge is 0.379 e. The van der Waals surface area contributed by atoms with Crippen LogP contribution in [0, 0.1) is 5.92 Å². The van der Waals surface area contributed by atoms with E-state index in [0.29, 0.717) is 18.0 Å². The Kier molecular flexibility index (Phi) is 4.55. The first-order valence-corrected chi connectivity index (χ1v) is 8.79. The molecule has 4 rings (SSSR count). The second-order valence-electron chi connectivity index (χ2n) is 6.71. The van der Waals surface area contributed by atoms with Gasteiger partial charge in [-0.2, -0.15) is 0 Å². The lowest BCUT2D eigenvalue weighted by Gasteiger charge is -2.33. The van der Waals surface area contributed by atoms with E-state index >= 15 is 0 Å². The highest BCUT2D eigenvalue weighted by molar-refractivity contribution is 5.81. The van der Waals surface area contributed by atoms with Crippen LogP contribution in [-0.4, -0.2) is 36.8 Å². The Hall–Kier alpha value is -1.49. The maximum atomic E-state index is 5.66. The van der Waals surface area contributed by atoms with Crippen molar-refractivity contribution >= 4 is 10.9 Å². The highest BCUT2D eigenvalue weighted by atomic mass is 16.5. The van der Waals surface area contributed by atoms with Gasteiger partial charge in [-0.3, -0.25) is 4.98 Å². The number of ether oxygens (including phenoxy) is 1. The lowest BCUT2D eigenvalue weighted by molar-refractivity contribution is 0.0524. The third kappa shape index (κ3) is 3.25.